The highest BCUT2D eigenvalue weighted by molar-refractivity contribution is 5.70. The van der Waals surface area contributed by atoms with E-state index in [0.717, 1.165) is 19.3 Å². The van der Waals surface area contributed by atoms with Crippen LogP contribution in [0.25, 0.3) is 0 Å². The molecule has 81 valence electrons. The molecule has 0 aliphatic heterocycles. The molecule has 0 aromatic rings. The van der Waals surface area contributed by atoms with Crippen LogP contribution >= 0.6 is 0 Å². The van der Waals surface area contributed by atoms with Gasteiger partial charge in [-0.3, -0.25) is 4.79 Å². The molecule has 0 saturated heterocycles. The highest BCUT2D eigenvalue weighted by Crippen LogP contribution is 2.00. The second-order valence-electron chi connectivity index (χ2n) is 2.87. The number of nitrogens with one attached hydrogen (secondary N) is 2. The third-order valence-electron chi connectivity index (χ3n) is 1.65. The monoisotopic (exact) mass is 201 g/mol. The summed E-state index contributed by atoms with van der Waals surface area (Å²) < 4.78 is 4.75. The van der Waals surface area contributed by atoms with Gasteiger partial charge in [-0.25, -0.2) is 10.5 Å². The number of carbonyl (C=O) groups excluding carboxylic acids is 2. The molecule has 0 unspecified atom stereocenters. The quantitative estimate of drug-likeness (QED) is 0.495. The molecule has 2 N–H and O–H groups in total. The Kier molecular flexibility index (Phi) is 7.59. The lowest BCUT2D eigenvalue weighted by atomic mass is 10.2. The fourth-order valence-electron chi connectivity index (χ4n) is 1.01. The number of rotatable bonds is 7. The Bertz CT molecular complexity index is 183. The van der Waals surface area contributed by atoms with Crippen LogP contribution in [0.3, 0.4) is 0 Å². The Balaban J connectivity index is 3.13. The average Bonchev–Trinajstić information content (AvgIpc) is 2.11. The molecule has 0 aliphatic rings. The Morgan fingerprint density at radius 2 is 2.00 bits per heavy atom. The number of carbonyl (C=O) groups is 2. The summed E-state index contributed by atoms with van der Waals surface area (Å²) in [5, 5.41) is 2.37. The fraction of sp³-hybridized carbons (Fsp3) is 0.778. The lowest BCUT2D eigenvalue weighted by molar-refractivity contribution is -0.143. The van der Waals surface area contributed by atoms with E-state index < -0.39 is 6.03 Å². The van der Waals surface area contributed by atoms with Crippen LogP contribution in [0.15, 0.2) is 0 Å². The minimum atomic E-state index is -0.754. The van der Waals surface area contributed by atoms with Gasteiger partial charge in [0.25, 0.3) is 0 Å². The van der Waals surface area contributed by atoms with Crippen molar-refractivity contribution in [2.75, 3.05) is 13.2 Å². The number of unbranched alkanes of at least 4 members (excludes halogenated alkanes) is 2. The van der Waals surface area contributed by atoms with Crippen LogP contribution in [0.2, 0.25) is 0 Å². The van der Waals surface area contributed by atoms with Gasteiger partial charge in [-0.05, 0) is 19.8 Å². The molecule has 0 rings (SSSR count). The molecule has 0 aromatic heterocycles. The predicted molar refractivity (Wildman–Crippen MR) is 51.6 cm³/mol. The van der Waals surface area contributed by atoms with E-state index >= 15 is 0 Å². The van der Waals surface area contributed by atoms with E-state index in [9.17, 15) is 9.59 Å². The molecule has 5 nitrogen and oxygen atoms in total. The molecule has 0 bridgehead atoms. The molecule has 2 amide bonds. The van der Waals surface area contributed by atoms with Crippen molar-refractivity contribution < 1.29 is 14.3 Å². The zero-order chi connectivity index (χ0) is 10.8. The van der Waals surface area contributed by atoms with E-state index in [1.165, 1.54) is 0 Å². The summed E-state index contributed by atoms with van der Waals surface area (Å²) in [7, 11) is 0. The first-order valence-electron chi connectivity index (χ1n) is 4.82. The van der Waals surface area contributed by atoms with Crippen LogP contribution in [0.4, 0.5) is 4.79 Å². The molecule has 0 aromatic carbocycles. The highest BCUT2D eigenvalue weighted by Gasteiger charge is 2.00. The molecule has 5 heteroatoms. The van der Waals surface area contributed by atoms with E-state index in [1.54, 1.807) is 6.92 Å². The molecule has 0 saturated carbocycles. The molecule has 14 heavy (non-hydrogen) atoms. The lowest BCUT2D eigenvalue weighted by Crippen LogP contribution is -2.23. The van der Waals surface area contributed by atoms with Crippen LogP contribution in [0.1, 0.15) is 32.6 Å². The second-order valence-corrected chi connectivity index (χ2v) is 2.87. The minimum absolute atomic E-state index is 0.169. The number of amides is 2. The first kappa shape index (κ1) is 12.7. The topological polar surface area (TPSA) is 79.2 Å². The van der Waals surface area contributed by atoms with Gasteiger partial charge in [0.05, 0.1) is 6.61 Å². The first-order chi connectivity index (χ1) is 6.66. The van der Waals surface area contributed by atoms with Crippen LogP contribution in [-0.4, -0.2) is 25.2 Å². The highest BCUT2D eigenvalue weighted by atomic mass is 16.5. The SMILES string of the molecule is CCOC(=O)CCCCCNC([NH])=O. The Morgan fingerprint density at radius 1 is 1.29 bits per heavy atom. The normalized spacial score (nSPS) is 9.50. The summed E-state index contributed by atoms with van der Waals surface area (Å²) in [6.45, 7) is 2.71. The van der Waals surface area contributed by atoms with Crippen molar-refractivity contribution in [1.29, 1.82) is 0 Å². The number of urea groups is 1. The Morgan fingerprint density at radius 3 is 2.57 bits per heavy atom. The third-order valence-corrected chi connectivity index (χ3v) is 1.65. The van der Waals surface area contributed by atoms with Gasteiger partial charge in [-0.1, -0.05) is 6.42 Å². The summed E-state index contributed by atoms with van der Waals surface area (Å²) in [6, 6.07) is -0.754. The third kappa shape index (κ3) is 8.83. The summed E-state index contributed by atoms with van der Waals surface area (Å²) in [4.78, 5) is 21.0. The zero-order valence-electron chi connectivity index (χ0n) is 8.47. The van der Waals surface area contributed by atoms with Gasteiger partial charge in [0.2, 0.25) is 0 Å². The average molecular weight is 201 g/mol. The molecule has 0 heterocycles. The van der Waals surface area contributed by atoms with Gasteiger partial charge in [-0.15, -0.1) is 0 Å². The van der Waals surface area contributed by atoms with Gasteiger partial charge in [0.1, 0.15) is 0 Å². The van der Waals surface area contributed by atoms with Crippen LogP contribution in [0, 0.1) is 0 Å². The van der Waals surface area contributed by atoms with Crippen molar-refractivity contribution in [3.05, 3.63) is 0 Å². The first-order valence-corrected chi connectivity index (χ1v) is 4.82. The molecular formula is C9H17N2O3. The van der Waals surface area contributed by atoms with E-state index in [2.05, 4.69) is 5.32 Å². The number of ether oxygens (including phenoxy) is 1. The molecule has 0 aliphatic carbocycles. The van der Waals surface area contributed by atoms with Crippen molar-refractivity contribution in [1.82, 2.24) is 11.1 Å². The molecule has 0 fully saturated rings. The van der Waals surface area contributed by atoms with Crippen molar-refractivity contribution in [3.63, 3.8) is 0 Å². The predicted octanol–water partition coefficient (Wildman–Crippen LogP) is 1.10. The molecule has 1 radical (unpaired) electrons. The standard InChI is InChI=1S/C9H17N2O3/c1-2-14-8(12)6-4-3-5-7-11-9(10)13/h10H,2-7H2,1H3,(H,11,13). The molecular weight excluding hydrogens is 184 g/mol. The minimum Gasteiger partial charge on any atom is -0.466 e. The van der Waals surface area contributed by atoms with Crippen LogP contribution in [0.5, 0.6) is 0 Å². The van der Waals surface area contributed by atoms with Gasteiger partial charge < -0.3 is 10.1 Å². The summed E-state index contributed by atoms with van der Waals surface area (Å²) in [6.07, 6.45) is 2.86. The largest absolute Gasteiger partial charge is 0.466 e. The smallest absolute Gasteiger partial charge is 0.333 e. The molecule has 0 atom stereocenters. The summed E-state index contributed by atoms with van der Waals surface area (Å²) in [5.41, 5.74) is 6.56. The van der Waals surface area contributed by atoms with E-state index in [4.69, 9.17) is 10.5 Å². The van der Waals surface area contributed by atoms with Gasteiger partial charge in [0.15, 0.2) is 0 Å². The van der Waals surface area contributed by atoms with E-state index in [-0.39, 0.29) is 5.97 Å². The van der Waals surface area contributed by atoms with Crippen molar-refractivity contribution in [2.24, 2.45) is 0 Å². The van der Waals surface area contributed by atoms with Gasteiger partial charge in [-0.2, -0.15) is 0 Å². The maximum absolute atomic E-state index is 10.9. The lowest BCUT2D eigenvalue weighted by Gasteiger charge is -2.02. The van der Waals surface area contributed by atoms with E-state index in [1.807, 2.05) is 0 Å². The molecule has 0 spiro atoms. The van der Waals surface area contributed by atoms with E-state index in [0.29, 0.717) is 19.6 Å². The number of hydrogen-bond acceptors (Lipinski definition) is 3. The van der Waals surface area contributed by atoms with Crippen molar-refractivity contribution in [2.45, 2.75) is 32.6 Å². The number of hydrogen-bond donors (Lipinski definition) is 1. The fourth-order valence-corrected chi connectivity index (χ4v) is 1.01. The maximum Gasteiger partial charge on any atom is 0.333 e. The summed E-state index contributed by atoms with van der Waals surface area (Å²) in [5.74, 6) is -0.169. The van der Waals surface area contributed by atoms with Gasteiger partial charge >= 0.3 is 12.0 Å². The Hall–Kier alpha value is -1.26. The number of esters is 1. The second kappa shape index (κ2) is 8.34. The van der Waals surface area contributed by atoms with Crippen LogP contribution in [-0.2, 0) is 9.53 Å². The van der Waals surface area contributed by atoms with Crippen molar-refractivity contribution >= 4 is 12.0 Å². The summed E-state index contributed by atoms with van der Waals surface area (Å²) >= 11 is 0. The maximum atomic E-state index is 10.9. The van der Waals surface area contributed by atoms with Crippen molar-refractivity contribution in [3.8, 4) is 0 Å². The zero-order valence-corrected chi connectivity index (χ0v) is 8.47. The van der Waals surface area contributed by atoms with Gasteiger partial charge in [0, 0.05) is 13.0 Å². The van der Waals surface area contributed by atoms with Crippen LogP contribution < -0.4 is 11.1 Å². The Labute approximate surface area is 84.0 Å².